The number of nitrogens with one attached hydrogen (secondary N) is 1. The van der Waals surface area contributed by atoms with E-state index in [4.69, 9.17) is 4.74 Å². The maximum Gasteiger partial charge on any atom is 0.259 e. The summed E-state index contributed by atoms with van der Waals surface area (Å²) in [5.74, 6) is -0.0135. The third-order valence-electron chi connectivity index (χ3n) is 3.39. The monoisotopic (exact) mass is 460 g/mol. The van der Waals surface area contributed by atoms with Crippen LogP contribution in [0, 0.1) is 3.57 Å². The molecule has 8 heteroatoms. The molecule has 0 spiro atoms. The van der Waals surface area contributed by atoms with Crippen molar-refractivity contribution in [2.45, 2.75) is 0 Å². The molecule has 0 bridgehead atoms. The molecule has 0 atom stereocenters. The van der Waals surface area contributed by atoms with Crippen molar-refractivity contribution in [1.29, 1.82) is 0 Å². The van der Waals surface area contributed by atoms with Crippen LogP contribution in [0.5, 0.6) is 5.75 Å². The Labute approximate surface area is 155 Å². The van der Waals surface area contributed by atoms with Gasteiger partial charge < -0.3 is 10.1 Å². The number of amides is 1. The van der Waals surface area contributed by atoms with E-state index in [-0.39, 0.29) is 11.5 Å². The van der Waals surface area contributed by atoms with Crippen LogP contribution in [-0.4, -0.2) is 34.7 Å². The van der Waals surface area contributed by atoms with Gasteiger partial charge >= 0.3 is 0 Å². The van der Waals surface area contributed by atoms with Gasteiger partial charge in [-0.15, -0.1) is 0 Å². The van der Waals surface area contributed by atoms with Gasteiger partial charge in [-0.1, -0.05) is 0 Å². The van der Waals surface area contributed by atoms with Crippen molar-refractivity contribution < 1.29 is 17.9 Å². The zero-order valence-corrected chi connectivity index (χ0v) is 16.4. The van der Waals surface area contributed by atoms with Crippen molar-refractivity contribution in [3.63, 3.8) is 0 Å². The Morgan fingerprint density at radius 2 is 1.79 bits per heavy atom. The van der Waals surface area contributed by atoms with E-state index in [2.05, 4.69) is 27.9 Å². The van der Waals surface area contributed by atoms with E-state index in [1.807, 2.05) is 12.1 Å². The first-order valence-electron chi connectivity index (χ1n) is 6.91. The SMILES string of the molecule is COc1ccc(N(C)S(C)(=O)=O)cc1C(=O)Nc1ccc(I)cc1. The molecule has 0 heterocycles. The molecule has 0 aliphatic carbocycles. The Bertz CT molecular complexity index is 851. The Balaban J connectivity index is 2.36. The number of halogens is 1. The van der Waals surface area contributed by atoms with Gasteiger partial charge in [0.05, 0.1) is 24.6 Å². The lowest BCUT2D eigenvalue weighted by Gasteiger charge is -2.18. The largest absolute Gasteiger partial charge is 0.496 e. The number of methoxy groups -OCH3 is 1. The number of hydrogen-bond donors (Lipinski definition) is 1. The number of nitrogens with zero attached hydrogens (tertiary/aromatic N) is 1. The highest BCUT2D eigenvalue weighted by Crippen LogP contribution is 2.26. The van der Waals surface area contributed by atoms with Crippen molar-refractivity contribution >= 4 is 49.9 Å². The summed E-state index contributed by atoms with van der Waals surface area (Å²) in [5.41, 5.74) is 1.28. The van der Waals surface area contributed by atoms with E-state index >= 15 is 0 Å². The number of rotatable bonds is 5. The maximum atomic E-state index is 12.5. The lowest BCUT2D eigenvalue weighted by molar-refractivity contribution is 0.102. The molecule has 0 radical (unpaired) electrons. The van der Waals surface area contributed by atoms with Gasteiger partial charge in [-0.2, -0.15) is 0 Å². The molecule has 0 aromatic heterocycles. The molecule has 0 saturated carbocycles. The van der Waals surface area contributed by atoms with Crippen molar-refractivity contribution in [2.75, 3.05) is 30.0 Å². The van der Waals surface area contributed by atoms with Crippen molar-refractivity contribution in [2.24, 2.45) is 0 Å². The summed E-state index contributed by atoms with van der Waals surface area (Å²) in [6.45, 7) is 0. The number of carbonyl (C=O) groups is 1. The van der Waals surface area contributed by atoms with E-state index in [0.29, 0.717) is 17.1 Å². The van der Waals surface area contributed by atoms with Crippen LogP contribution in [0.2, 0.25) is 0 Å². The van der Waals surface area contributed by atoms with Gasteiger partial charge in [-0.3, -0.25) is 9.10 Å². The predicted octanol–water partition coefficient (Wildman–Crippen LogP) is 2.95. The maximum absolute atomic E-state index is 12.5. The molecular weight excluding hydrogens is 443 g/mol. The Hall–Kier alpha value is -1.81. The van der Waals surface area contributed by atoms with Gasteiger partial charge in [0.15, 0.2) is 0 Å². The van der Waals surface area contributed by atoms with Crippen molar-refractivity contribution in [1.82, 2.24) is 0 Å². The van der Waals surface area contributed by atoms with E-state index in [9.17, 15) is 13.2 Å². The van der Waals surface area contributed by atoms with Crippen LogP contribution in [-0.2, 0) is 10.0 Å². The fourth-order valence-electron chi connectivity index (χ4n) is 1.99. The zero-order valence-electron chi connectivity index (χ0n) is 13.4. The van der Waals surface area contributed by atoms with Crippen LogP contribution in [0.3, 0.4) is 0 Å². The highest BCUT2D eigenvalue weighted by atomic mass is 127. The standard InChI is InChI=1S/C16H17IN2O4S/c1-19(24(3,21)22)13-8-9-15(23-2)14(10-13)16(20)18-12-6-4-11(17)5-7-12/h4-10H,1-3H3,(H,18,20). The quantitative estimate of drug-likeness (QED) is 0.697. The Morgan fingerprint density at radius 3 is 2.33 bits per heavy atom. The third-order valence-corrected chi connectivity index (χ3v) is 5.32. The van der Waals surface area contributed by atoms with Crippen molar-refractivity contribution in [3.05, 3.63) is 51.6 Å². The van der Waals surface area contributed by atoms with Crippen LogP contribution in [0.1, 0.15) is 10.4 Å². The fraction of sp³-hybridized carbons (Fsp3) is 0.188. The third kappa shape index (κ3) is 4.38. The molecule has 128 valence electrons. The van der Waals surface area contributed by atoms with Crippen LogP contribution in [0.4, 0.5) is 11.4 Å². The van der Waals surface area contributed by atoms with Crippen LogP contribution in [0.15, 0.2) is 42.5 Å². The Kier molecular flexibility index (Phi) is 5.70. The molecule has 0 aliphatic heterocycles. The van der Waals surface area contributed by atoms with Gasteiger partial charge in [0.2, 0.25) is 10.0 Å². The number of ether oxygens (including phenoxy) is 1. The molecule has 6 nitrogen and oxygen atoms in total. The summed E-state index contributed by atoms with van der Waals surface area (Å²) in [7, 11) is -0.538. The Morgan fingerprint density at radius 1 is 1.17 bits per heavy atom. The van der Waals surface area contributed by atoms with Crippen LogP contribution in [0.25, 0.3) is 0 Å². The van der Waals surface area contributed by atoms with Gasteiger partial charge in [0.25, 0.3) is 5.91 Å². The van der Waals surface area contributed by atoms with Gasteiger partial charge in [0, 0.05) is 16.3 Å². The molecule has 2 rings (SSSR count). The highest BCUT2D eigenvalue weighted by Gasteiger charge is 2.18. The minimum atomic E-state index is -3.42. The minimum Gasteiger partial charge on any atom is -0.496 e. The molecule has 0 fully saturated rings. The van der Waals surface area contributed by atoms with E-state index in [0.717, 1.165) is 14.1 Å². The van der Waals surface area contributed by atoms with Crippen LogP contribution < -0.4 is 14.4 Å². The summed E-state index contributed by atoms with van der Waals surface area (Å²) in [5, 5.41) is 2.77. The molecule has 1 N–H and O–H groups in total. The zero-order chi connectivity index (χ0) is 17.9. The number of anilines is 2. The molecule has 0 aliphatic rings. The number of benzene rings is 2. The van der Waals surface area contributed by atoms with Crippen molar-refractivity contribution in [3.8, 4) is 5.75 Å². The topological polar surface area (TPSA) is 75.7 Å². The fourth-order valence-corrected chi connectivity index (χ4v) is 2.85. The van der Waals surface area contributed by atoms with Gasteiger partial charge in [0.1, 0.15) is 5.75 Å². The summed E-state index contributed by atoms with van der Waals surface area (Å²) >= 11 is 2.18. The first kappa shape index (κ1) is 18.5. The van der Waals surface area contributed by atoms with E-state index in [1.54, 1.807) is 24.3 Å². The highest BCUT2D eigenvalue weighted by molar-refractivity contribution is 14.1. The van der Waals surface area contributed by atoms with Crippen LogP contribution >= 0.6 is 22.6 Å². The second-order valence-electron chi connectivity index (χ2n) is 5.08. The first-order chi connectivity index (χ1) is 11.2. The minimum absolute atomic E-state index is 0.254. The normalized spacial score (nSPS) is 11.0. The molecule has 2 aromatic carbocycles. The number of sulfonamides is 1. The van der Waals surface area contributed by atoms with Gasteiger partial charge in [-0.05, 0) is 65.1 Å². The molecule has 1 amide bonds. The van der Waals surface area contributed by atoms with E-state index in [1.165, 1.54) is 20.2 Å². The predicted molar refractivity (Wildman–Crippen MR) is 103 cm³/mol. The molecule has 2 aromatic rings. The molecular formula is C16H17IN2O4S. The summed E-state index contributed by atoms with van der Waals surface area (Å²) in [6, 6.07) is 12.0. The summed E-state index contributed by atoms with van der Waals surface area (Å²) in [6.07, 6.45) is 1.10. The molecule has 24 heavy (non-hydrogen) atoms. The number of carbonyl (C=O) groups excluding carboxylic acids is 1. The van der Waals surface area contributed by atoms with E-state index < -0.39 is 10.0 Å². The molecule has 0 unspecified atom stereocenters. The average molecular weight is 460 g/mol. The summed E-state index contributed by atoms with van der Waals surface area (Å²) in [4.78, 5) is 12.5. The number of hydrogen-bond acceptors (Lipinski definition) is 4. The second kappa shape index (κ2) is 7.39. The lowest BCUT2D eigenvalue weighted by Crippen LogP contribution is -2.25. The average Bonchev–Trinajstić information content (AvgIpc) is 2.54. The summed E-state index contributed by atoms with van der Waals surface area (Å²) < 4.78 is 30.7. The first-order valence-corrected chi connectivity index (χ1v) is 9.84. The smallest absolute Gasteiger partial charge is 0.259 e. The lowest BCUT2D eigenvalue weighted by atomic mass is 10.1. The van der Waals surface area contributed by atoms with Gasteiger partial charge in [-0.25, -0.2) is 8.42 Å². The second-order valence-corrected chi connectivity index (χ2v) is 8.34. The molecule has 0 saturated heterocycles.